The first-order valence-electron chi connectivity index (χ1n) is 6.77. The van der Waals surface area contributed by atoms with Gasteiger partial charge in [0.15, 0.2) is 0 Å². The molecular weight excluding hydrogens is 374 g/mol. The Morgan fingerprint density at radius 3 is 2.24 bits per heavy atom. The molecule has 0 atom stereocenters. The molecule has 2 nitrogen and oxygen atoms in total. The molecule has 0 aliphatic heterocycles. The molecule has 0 aliphatic rings. The molecule has 0 fully saturated rings. The van der Waals surface area contributed by atoms with Gasteiger partial charge in [-0.3, -0.25) is 4.79 Å². The molecular formula is C15H11BF6KNO. The van der Waals surface area contributed by atoms with Crippen LogP contribution in [-0.4, -0.2) is 12.9 Å². The Balaban J connectivity index is 0.00000312. The predicted molar refractivity (Wildman–Crippen MR) is 79.3 cm³/mol. The van der Waals surface area contributed by atoms with Gasteiger partial charge in [0.25, 0.3) is 5.91 Å². The van der Waals surface area contributed by atoms with E-state index in [1.807, 2.05) is 0 Å². The van der Waals surface area contributed by atoms with Gasteiger partial charge in [-0.1, -0.05) is 23.8 Å². The molecule has 0 spiro atoms. The molecule has 0 radical (unpaired) electrons. The zero-order chi connectivity index (χ0) is 18.1. The SMILES string of the molecule is Cc1ccc(NC(=O)c2cccc(C(F)(F)F)c2)cc1[B-](F)(F)F.[K+]. The average Bonchev–Trinajstić information content (AvgIpc) is 2.47. The summed E-state index contributed by atoms with van der Waals surface area (Å²) in [5.41, 5.74) is -2.32. The molecule has 1 N–H and O–H groups in total. The van der Waals surface area contributed by atoms with Gasteiger partial charge < -0.3 is 18.3 Å². The third-order valence-electron chi connectivity index (χ3n) is 3.34. The summed E-state index contributed by atoms with van der Waals surface area (Å²) in [6.07, 6.45) is -4.62. The molecule has 2 rings (SSSR count). The average molecular weight is 385 g/mol. The standard InChI is InChI=1S/C15H11BF6NO.K/c1-9-5-6-12(8-13(9)16(20,21)22)23-14(24)10-3-2-4-11(7-10)15(17,18)19;/h2-8H,1H3,(H,23,24);/q-1;+1. The van der Waals surface area contributed by atoms with Gasteiger partial charge in [0, 0.05) is 11.3 Å². The molecule has 1 amide bonds. The smallest absolute Gasteiger partial charge is 0.445 e. The Hall–Kier alpha value is -0.809. The van der Waals surface area contributed by atoms with Crippen molar-refractivity contribution in [1.29, 1.82) is 0 Å². The molecule has 128 valence electrons. The van der Waals surface area contributed by atoms with Crippen LogP contribution in [0.15, 0.2) is 42.5 Å². The van der Waals surface area contributed by atoms with Crippen LogP contribution in [0.5, 0.6) is 0 Å². The number of anilines is 1. The maximum absolute atomic E-state index is 12.9. The van der Waals surface area contributed by atoms with Crippen molar-refractivity contribution in [3.63, 3.8) is 0 Å². The summed E-state index contributed by atoms with van der Waals surface area (Å²) < 4.78 is 76.6. The van der Waals surface area contributed by atoms with Crippen LogP contribution in [0.25, 0.3) is 0 Å². The van der Waals surface area contributed by atoms with Crippen LogP contribution >= 0.6 is 0 Å². The molecule has 0 saturated heterocycles. The summed E-state index contributed by atoms with van der Waals surface area (Å²) in [6, 6.07) is 6.84. The second-order valence-electron chi connectivity index (χ2n) is 5.18. The quantitative estimate of drug-likeness (QED) is 0.627. The molecule has 0 unspecified atom stereocenters. The van der Waals surface area contributed by atoms with Crippen LogP contribution in [0.3, 0.4) is 0 Å². The third-order valence-corrected chi connectivity index (χ3v) is 3.34. The first-order chi connectivity index (χ1) is 11.0. The Morgan fingerprint density at radius 2 is 1.68 bits per heavy atom. The molecule has 0 bridgehead atoms. The van der Waals surface area contributed by atoms with Crippen LogP contribution in [0.1, 0.15) is 21.5 Å². The van der Waals surface area contributed by atoms with Crippen LogP contribution in [0, 0.1) is 6.92 Å². The number of alkyl halides is 3. The van der Waals surface area contributed by atoms with Crippen LogP contribution in [-0.2, 0) is 6.18 Å². The molecule has 0 saturated carbocycles. The summed E-state index contributed by atoms with van der Waals surface area (Å²) in [5.74, 6) is -0.925. The van der Waals surface area contributed by atoms with E-state index in [0.717, 1.165) is 24.3 Å². The fourth-order valence-corrected chi connectivity index (χ4v) is 2.11. The van der Waals surface area contributed by atoms with Crippen molar-refractivity contribution in [2.75, 3.05) is 5.32 Å². The second-order valence-corrected chi connectivity index (χ2v) is 5.18. The van der Waals surface area contributed by atoms with E-state index in [0.29, 0.717) is 6.07 Å². The monoisotopic (exact) mass is 385 g/mol. The molecule has 0 heterocycles. The van der Waals surface area contributed by atoms with Crippen molar-refractivity contribution in [3.8, 4) is 0 Å². The number of rotatable bonds is 3. The third kappa shape index (κ3) is 5.85. The van der Waals surface area contributed by atoms with Crippen LogP contribution < -0.4 is 62.2 Å². The van der Waals surface area contributed by atoms with Gasteiger partial charge >= 0.3 is 64.5 Å². The number of carbonyl (C=O) groups excluding carboxylic acids is 1. The first-order valence-corrected chi connectivity index (χ1v) is 6.77. The number of nitrogens with one attached hydrogen (secondary N) is 1. The molecule has 2 aromatic carbocycles. The van der Waals surface area contributed by atoms with Gasteiger partial charge in [-0.25, -0.2) is 0 Å². The van der Waals surface area contributed by atoms with E-state index in [2.05, 4.69) is 5.32 Å². The van der Waals surface area contributed by atoms with Crippen LogP contribution in [0.2, 0.25) is 0 Å². The minimum Gasteiger partial charge on any atom is -0.445 e. The largest absolute Gasteiger partial charge is 1.00 e. The van der Waals surface area contributed by atoms with E-state index in [1.165, 1.54) is 19.1 Å². The van der Waals surface area contributed by atoms with E-state index in [9.17, 15) is 30.9 Å². The van der Waals surface area contributed by atoms with Crippen molar-refractivity contribution in [1.82, 2.24) is 0 Å². The van der Waals surface area contributed by atoms with E-state index in [4.69, 9.17) is 0 Å². The minimum absolute atomic E-state index is 0. The van der Waals surface area contributed by atoms with Gasteiger partial charge in [-0.2, -0.15) is 13.2 Å². The van der Waals surface area contributed by atoms with Crippen LogP contribution in [0.4, 0.5) is 31.8 Å². The second kappa shape index (κ2) is 8.26. The zero-order valence-electron chi connectivity index (χ0n) is 13.3. The number of aryl methyl sites for hydroxylation is 1. The molecule has 0 aromatic heterocycles. The Kier molecular flexibility index (Phi) is 7.34. The van der Waals surface area contributed by atoms with Crippen molar-refractivity contribution < 1.29 is 82.3 Å². The number of benzene rings is 2. The molecule has 2 aromatic rings. The van der Waals surface area contributed by atoms with Crippen molar-refractivity contribution in [2.24, 2.45) is 0 Å². The van der Waals surface area contributed by atoms with Gasteiger partial charge in [0.2, 0.25) is 0 Å². The van der Waals surface area contributed by atoms with Crippen molar-refractivity contribution in [2.45, 2.75) is 13.1 Å². The van der Waals surface area contributed by atoms with E-state index in [1.54, 1.807) is 0 Å². The predicted octanol–water partition coefficient (Wildman–Crippen LogP) is 1.32. The molecule has 10 heteroatoms. The molecule has 25 heavy (non-hydrogen) atoms. The normalized spacial score (nSPS) is 11.6. The Labute approximate surface area is 182 Å². The topological polar surface area (TPSA) is 29.1 Å². The summed E-state index contributed by atoms with van der Waals surface area (Å²) in [7, 11) is 0. The van der Waals surface area contributed by atoms with Crippen molar-refractivity contribution >= 4 is 24.0 Å². The summed E-state index contributed by atoms with van der Waals surface area (Å²) in [4.78, 5) is 12.0. The van der Waals surface area contributed by atoms with E-state index < -0.39 is 30.1 Å². The van der Waals surface area contributed by atoms with Gasteiger partial charge in [-0.05, 0) is 31.2 Å². The zero-order valence-corrected chi connectivity index (χ0v) is 16.4. The van der Waals surface area contributed by atoms with Gasteiger partial charge in [-0.15, -0.1) is 5.46 Å². The molecule has 0 aliphatic carbocycles. The first kappa shape index (κ1) is 22.2. The fraction of sp³-hybridized carbons (Fsp3) is 0.133. The fourth-order valence-electron chi connectivity index (χ4n) is 2.11. The minimum atomic E-state index is -5.26. The Bertz CT molecular complexity index is 775. The number of carbonyl (C=O) groups is 1. The number of hydrogen-bond acceptors (Lipinski definition) is 1. The maximum Gasteiger partial charge on any atom is 1.00 e. The van der Waals surface area contributed by atoms with E-state index >= 15 is 0 Å². The van der Waals surface area contributed by atoms with Crippen molar-refractivity contribution in [3.05, 3.63) is 59.2 Å². The number of hydrogen-bond donors (Lipinski definition) is 1. The Morgan fingerprint density at radius 1 is 1.04 bits per heavy atom. The summed E-state index contributed by atoms with van der Waals surface area (Å²) in [6.45, 7) is -3.98. The van der Waals surface area contributed by atoms with E-state index in [-0.39, 0.29) is 68.2 Å². The maximum atomic E-state index is 12.9. The van der Waals surface area contributed by atoms with Gasteiger partial charge in [0.1, 0.15) is 0 Å². The number of amides is 1. The number of halogens is 6. The summed E-state index contributed by atoms with van der Waals surface area (Å²) in [5, 5.41) is 2.18. The van der Waals surface area contributed by atoms with Gasteiger partial charge in [0.05, 0.1) is 5.56 Å². The summed E-state index contributed by atoms with van der Waals surface area (Å²) >= 11 is 0.